The van der Waals surface area contributed by atoms with E-state index in [1.807, 2.05) is 12.1 Å². The minimum atomic E-state index is 0.285. The van der Waals surface area contributed by atoms with Crippen molar-refractivity contribution in [1.82, 2.24) is 5.32 Å². The van der Waals surface area contributed by atoms with E-state index in [0.29, 0.717) is 6.04 Å². The summed E-state index contributed by atoms with van der Waals surface area (Å²) in [6.07, 6.45) is 2.61. The summed E-state index contributed by atoms with van der Waals surface area (Å²) in [4.78, 5) is 0. The van der Waals surface area contributed by atoms with Crippen LogP contribution in [0.1, 0.15) is 31.2 Å². The summed E-state index contributed by atoms with van der Waals surface area (Å²) in [6.45, 7) is 4.35. The van der Waals surface area contributed by atoms with E-state index in [4.69, 9.17) is 4.42 Å². The maximum atomic E-state index is 5.38. The Morgan fingerprint density at radius 3 is 2.63 bits per heavy atom. The summed E-state index contributed by atoms with van der Waals surface area (Å²) in [5.41, 5.74) is 1.26. The number of hydrogen-bond acceptors (Lipinski definition) is 2. The van der Waals surface area contributed by atoms with Gasteiger partial charge >= 0.3 is 0 Å². The van der Waals surface area contributed by atoms with Crippen molar-refractivity contribution in [1.29, 1.82) is 0 Å². The van der Waals surface area contributed by atoms with Crippen LogP contribution >= 0.6 is 31.9 Å². The standard InChI is InChI=1S/C15H17Br2NO/c1-10(8-13-4-3-7-19-13)18-11(2)14-6-5-12(16)9-15(14)17/h3-7,9-11,18H,8H2,1-2H3. The molecule has 0 aliphatic rings. The van der Waals surface area contributed by atoms with E-state index < -0.39 is 0 Å². The Hall–Kier alpha value is -0.580. The molecule has 0 bridgehead atoms. The molecular weight excluding hydrogens is 370 g/mol. The smallest absolute Gasteiger partial charge is 0.105 e. The first-order valence-electron chi connectivity index (χ1n) is 6.29. The zero-order valence-electron chi connectivity index (χ0n) is 11.0. The second-order valence-corrected chi connectivity index (χ2v) is 6.51. The van der Waals surface area contributed by atoms with Gasteiger partial charge in [-0.2, -0.15) is 0 Å². The molecule has 0 radical (unpaired) electrons. The Kier molecular flexibility index (Phi) is 5.25. The fraction of sp³-hybridized carbons (Fsp3) is 0.333. The van der Waals surface area contributed by atoms with Crippen molar-refractivity contribution in [3.63, 3.8) is 0 Å². The normalized spacial score (nSPS) is 14.3. The summed E-state index contributed by atoms with van der Waals surface area (Å²) >= 11 is 7.08. The molecule has 1 aromatic heterocycles. The topological polar surface area (TPSA) is 25.2 Å². The van der Waals surface area contributed by atoms with Gasteiger partial charge in [0.1, 0.15) is 5.76 Å². The second kappa shape index (κ2) is 6.73. The molecule has 19 heavy (non-hydrogen) atoms. The van der Waals surface area contributed by atoms with Crippen molar-refractivity contribution < 1.29 is 4.42 Å². The molecule has 0 fully saturated rings. The van der Waals surface area contributed by atoms with Gasteiger partial charge in [-0.1, -0.05) is 37.9 Å². The van der Waals surface area contributed by atoms with Crippen molar-refractivity contribution in [2.75, 3.05) is 0 Å². The SMILES string of the molecule is CC(Cc1ccco1)NC(C)c1ccc(Br)cc1Br. The first-order chi connectivity index (χ1) is 9.06. The summed E-state index contributed by atoms with van der Waals surface area (Å²) < 4.78 is 7.58. The Morgan fingerprint density at radius 1 is 1.21 bits per heavy atom. The first kappa shape index (κ1) is 14.8. The van der Waals surface area contributed by atoms with Crippen molar-refractivity contribution in [2.24, 2.45) is 0 Å². The summed E-state index contributed by atoms with van der Waals surface area (Å²) in [5.74, 6) is 1.02. The number of nitrogens with one attached hydrogen (secondary N) is 1. The third kappa shape index (κ3) is 4.20. The fourth-order valence-electron chi connectivity index (χ4n) is 2.16. The van der Waals surface area contributed by atoms with E-state index >= 15 is 0 Å². The molecule has 0 saturated heterocycles. The van der Waals surface area contributed by atoms with E-state index in [2.05, 4.69) is 69.2 Å². The minimum absolute atomic E-state index is 0.285. The van der Waals surface area contributed by atoms with Gasteiger partial charge in [-0.25, -0.2) is 0 Å². The Bertz CT molecular complexity index is 525. The van der Waals surface area contributed by atoms with Gasteiger partial charge in [0.25, 0.3) is 0 Å². The zero-order chi connectivity index (χ0) is 13.8. The molecule has 0 aliphatic carbocycles. The maximum Gasteiger partial charge on any atom is 0.105 e. The third-order valence-electron chi connectivity index (χ3n) is 3.05. The maximum absolute atomic E-state index is 5.38. The molecule has 2 nitrogen and oxygen atoms in total. The predicted molar refractivity (Wildman–Crippen MR) is 85.3 cm³/mol. The highest BCUT2D eigenvalue weighted by molar-refractivity contribution is 9.11. The van der Waals surface area contributed by atoms with Crippen molar-refractivity contribution in [3.05, 3.63) is 56.9 Å². The van der Waals surface area contributed by atoms with Crippen LogP contribution in [0.25, 0.3) is 0 Å². The number of rotatable bonds is 5. The molecule has 0 aliphatic heterocycles. The number of hydrogen-bond donors (Lipinski definition) is 1. The summed E-state index contributed by atoms with van der Waals surface area (Å²) in [6, 6.07) is 10.9. The van der Waals surface area contributed by atoms with Crippen LogP contribution in [-0.4, -0.2) is 6.04 Å². The lowest BCUT2D eigenvalue weighted by molar-refractivity contribution is 0.428. The Balaban J connectivity index is 1.98. The molecule has 1 heterocycles. The Labute approximate surface area is 130 Å². The van der Waals surface area contributed by atoms with Crippen LogP contribution in [0, 0.1) is 0 Å². The van der Waals surface area contributed by atoms with Gasteiger partial charge in [0, 0.05) is 27.4 Å². The number of benzene rings is 1. The molecule has 1 N–H and O–H groups in total. The summed E-state index contributed by atoms with van der Waals surface area (Å²) in [7, 11) is 0. The van der Waals surface area contributed by atoms with Crippen LogP contribution in [-0.2, 0) is 6.42 Å². The van der Waals surface area contributed by atoms with Crippen LogP contribution in [0.5, 0.6) is 0 Å². The van der Waals surface area contributed by atoms with E-state index in [0.717, 1.165) is 21.1 Å². The molecule has 0 amide bonds. The lowest BCUT2D eigenvalue weighted by atomic mass is 10.1. The van der Waals surface area contributed by atoms with Gasteiger partial charge in [-0.15, -0.1) is 0 Å². The predicted octanol–water partition coefficient (Wildman–Crippen LogP) is 5.09. The van der Waals surface area contributed by atoms with Gasteiger partial charge in [0.2, 0.25) is 0 Å². The highest BCUT2D eigenvalue weighted by atomic mass is 79.9. The van der Waals surface area contributed by atoms with Crippen LogP contribution < -0.4 is 5.32 Å². The van der Waals surface area contributed by atoms with Crippen molar-refractivity contribution in [2.45, 2.75) is 32.4 Å². The monoisotopic (exact) mass is 385 g/mol. The van der Waals surface area contributed by atoms with Gasteiger partial charge in [-0.3, -0.25) is 0 Å². The largest absolute Gasteiger partial charge is 0.469 e. The van der Waals surface area contributed by atoms with E-state index in [1.165, 1.54) is 5.56 Å². The quantitative estimate of drug-likeness (QED) is 0.774. The molecule has 1 aromatic carbocycles. The molecule has 102 valence electrons. The first-order valence-corrected chi connectivity index (χ1v) is 7.88. The lowest BCUT2D eigenvalue weighted by Crippen LogP contribution is -2.30. The average molecular weight is 387 g/mol. The van der Waals surface area contributed by atoms with E-state index in [9.17, 15) is 0 Å². The molecule has 2 atom stereocenters. The molecule has 2 aromatic rings. The Morgan fingerprint density at radius 2 is 2.00 bits per heavy atom. The van der Waals surface area contributed by atoms with E-state index in [1.54, 1.807) is 6.26 Å². The lowest BCUT2D eigenvalue weighted by Gasteiger charge is -2.21. The second-order valence-electron chi connectivity index (χ2n) is 4.74. The van der Waals surface area contributed by atoms with Crippen LogP contribution in [0.2, 0.25) is 0 Å². The third-order valence-corrected chi connectivity index (χ3v) is 4.23. The van der Waals surface area contributed by atoms with E-state index in [-0.39, 0.29) is 6.04 Å². The minimum Gasteiger partial charge on any atom is -0.469 e. The average Bonchev–Trinajstić information content (AvgIpc) is 2.81. The van der Waals surface area contributed by atoms with Crippen LogP contribution in [0.15, 0.2) is 50.0 Å². The van der Waals surface area contributed by atoms with Gasteiger partial charge in [-0.05, 0) is 43.7 Å². The molecule has 2 unspecified atom stereocenters. The van der Waals surface area contributed by atoms with Gasteiger partial charge < -0.3 is 9.73 Å². The van der Waals surface area contributed by atoms with Gasteiger partial charge in [0.05, 0.1) is 6.26 Å². The van der Waals surface area contributed by atoms with Crippen LogP contribution in [0.3, 0.4) is 0 Å². The number of halogens is 2. The van der Waals surface area contributed by atoms with Crippen LogP contribution in [0.4, 0.5) is 0 Å². The fourth-order valence-corrected chi connectivity index (χ4v) is 3.55. The molecule has 0 spiro atoms. The van der Waals surface area contributed by atoms with Crippen molar-refractivity contribution in [3.8, 4) is 0 Å². The molecular formula is C15H17Br2NO. The molecule has 2 rings (SSSR count). The molecule has 0 saturated carbocycles. The highest BCUT2D eigenvalue weighted by Crippen LogP contribution is 2.27. The van der Waals surface area contributed by atoms with Crippen molar-refractivity contribution >= 4 is 31.9 Å². The zero-order valence-corrected chi connectivity index (χ0v) is 14.2. The molecule has 4 heteroatoms. The summed E-state index contributed by atoms with van der Waals surface area (Å²) in [5, 5.41) is 3.59. The number of furan rings is 1. The van der Waals surface area contributed by atoms with Gasteiger partial charge in [0.15, 0.2) is 0 Å². The highest BCUT2D eigenvalue weighted by Gasteiger charge is 2.13.